The number of hydrogen-bond donors (Lipinski definition) is 2. The number of nitrogens with zero attached hydrogens (tertiary/aromatic N) is 1. The molecule has 5 nitrogen and oxygen atoms in total. The smallest absolute Gasteiger partial charge is 0.314 e. The highest BCUT2D eigenvalue weighted by Gasteiger charge is 2.23. The number of rotatable bonds is 4. The molecule has 0 saturated carbocycles. The van der Waals surface area contributed by atoms with Crippen molar-refractivity contribution >= 4 is 12.4 Å². The third-order valence-electron chi connectivity index (χ3n) is 2.33. The third-order valence-corrected chi connectivity index (χ3v) is 2.33. The van der Waals surface area contributed by atoms with Crippen molar-refractivity contribution in [3.05, 3.63) is 0 Å². The van der Waals surface area contributed by atoms with Crippen molar-refractivity contribution in [2.24, 2.45) is 0 Å². The van der Waals surface area contributed by atoms with Crippen LogP contribution in [0.1, 0.15) is 19.8 Å². The van der Waals surface area contributed by atoms with Crippen LogP contribution in [0.3, 0.4) is 0 Å². The molecule has 1 aliphatic rings. The summed E-state index contributed by atoms with van der Waals surface area (Å²) in [4.78, 5) is 23.1. The molecule has 1 fully saturated rings. The molecule has 79 valence electrons. The van der Waals surface area contributed by atoms with Gasteiger partial charge in [-0.15, -0.1) is 0 Å². The molecular weight excluding hydrogens is 182 g/mol. The van der Waals surface area contributed by atoms with Crippen LogP contribution in [0.25, 0.3) is 0 Å². The first kappa shape index (κ1) is 10.8. The van der Waals surface area contributed by atoms with Gasteiger partial charge < -0.3 is 15.5 Å². The van der Waals surface area contributed by atoms with E-state index in [9.17, 15) is 9.59 Å². The summed E-state index contributed by atoms with van der Waals surface area (Å²) in [5.74, 6) is 0. The summed E-state index contributed by atoms with van der Waals surface area (Å²) in [6.07, 6.45) is 3.82. The summed E-state index contributed by atoms with van der Waals surface area (Å²) in [7, 11) is 0. The molecule has 0 aromatic heterocycles. The summed E-state index contributed by atoms with van der Waals surface area (Å²) in [6.45, 7) is 3.74. The van der Waals surface area contributed by atoms with Crippen molar-refractivity contribution < 1.29 is 9.59 Å². The first-order chi connectivity index (χ1) is 6.77. The second-order valence-corrected chi connectivity index (χ2v) is 3.32. The van der Waals surface area contributed by atoms with Gasteiger partial charge in [0.15, 0.2) is 0 Å². The van der Waals surface area contributed by atoms with Crippen LogP contribution in [0.15, 0.2) is 0 Å². The maximum atomic E-state index is 11.1. The monoisotopic (exact) mass is 198 g/mol. The highest BCUT2D eigenvalue weighted by atomic mass is 16.2. The Morgan fingerprint density at radius 3 is 3.00 bits per heavy atom. The zero-order valence-corrected chi connectivity index (χ0v) is 8.38. The first-order valence-corrected chi connectivity index (χ1v) is 4.94. The van der Waals surface area contributed by atoms with Crippen molar-refractivity contribution in [2.45, 2.75) is 25.8 Å². The standard InChI is InChI=1S/C9H16N3O2/c1-2-10-9(14)11-6-8-4-3-5-12(8)7-13/h8H,2-6H2,1H3,(H2,10,11,14). The molecule has 1 atom stereocenters. The van der Waals surface area contributed by atoms with E-state index in [-0.39, 0.29) is 12.1 Å². The quantitative estimate of drug-likeness (QED) is 0.659. The fourth-order valence-corrected chi connectivity index (χ4v) is 1.60. The van der Waals surface area contributed by atoms with Crippen molar-refractivity contribution in [2.75, 3.05) is 19.6 Å². The van der Waals surface area contributed by atoms with Gasteiger partial charge in [0, 0.05) is 25.7 Å². The summed E-state index contributed by atoms with van der Waals surface area (Å²) in [5.41, 5.74) is 0. The molecule has 1 saturated heterocycles. The molecule has 14 heavy (non-hydrogen) atoms. The summed E-state index contributed by atoms with van der Waals surface area (Å²) >= 11 is 0. The fourth-order valence-electron chi connectivity index (χ4n) is 1.60. The predicted octanol–water partition coefficient (Wildman–Crippen LogP) is -0.163. The van der Waals surface area contributed by atoms with Gasteiger partial charge in [-0.1, -0.05) is 0 Å². The van der Waals surface area contributed by atoms with Crippen molar-refractivity contribution in [3.63, 3.8) is 0 Å². The van der Waals surface area contributed by atoms with E-state index < -0.39 is 0 Å². The number of amides is 3. The lowest BCUT2D eigenvalue weighted by Gasteiger charge is -2.19. The van der Waals surface area contributed by atoms with E-state index in [0.29, 0.717) is 13.1 Å². The van der Waals surface area contributed by atoms with Gasteiger partial charge in [-0.2, -0.15) is 0 Å². The van der Waals surface area contributed by atoms with Gasteiger partial charge in [0.1, 0.15) is 0 Å². The van der Waals surface area contributed by atoms with Crippen LogP contribution < -0.4 is 10.6 Å². The molecule has 0 aromatic carbocycles. The topological polar surface area (TPSA) is 61.4 Å². The Labute approximate surface area is 83.8 Å². The number of carbonyl (C=O) groups excluding carboxylic acids is 2. The number of carbonyl (C=O) groups is 1. The molecule has 1 radical (unpaired) electrons. The van der Waals surface area contributed by atoms with E-state index in [1.165, 1.54) is 0 Å². The Kier molecular flexibility index (Phi) is 4.22. The van der Waals surface area contributed by atoms with Crippen LogP contribution >= 0.6 is 0 Å². The maximum absolute atomic E-state index is 11.1. The minimum Gasteiger partial charge on any atom is -0.338 e. The Balaban J connectivity index is 2.23. The average Bonchev–Trinajstić information content (AvgIpc) is 2.62. The van der Waals surface area contributed by atoms with Gasteiger partial charge in [0.2, 0.25) is 0 Å². The maximum Gasteiger partial charge on any atom is 0.314 e. The van der Waals surface area contributed by atoms with Crippen molar-refractivity contribution in [1.29, 1.82) is 0 Å². The van der Waals surface area contributed by atoms with Crippen LogP contribution in [0.4, 0.5) is 4.79 Å². The van der Waals surface area contributed by atoms with E-state index in [2.05, 4.69) is 10.6 Å². The lowest BCUT2D eigenvalue weighted by atomic mass is 10.2. The van der Waals surface area contributed by atoms with E-state index in [1.54, 1.807) is 4.90 Å². The second-order valence-electron chi connectivity index (χ2n) is 3.32. The number of urea groups is 1. The van der Waals surface area contributed by atoms with E-state index in [4.69, 9.17) is 0 Å². The van der Waals surface area contributed by atoms with Gasteiger partial charge in [-0.05, 0) is 19.8 Å². The molecule has 0 bridgehead atoms. The highest BCUT2D eigenvalue weighted by molar-refractivity contribution is 5.73. The highest BCUT2D eigenvalue weighted by Crippen LogP contribution is 2.13. The molecule has 1 unspecified atom stereocenters. The predicted molar refractivity (Wildman–Crippen MR) is 52.5 cm³/mol. The summed E-state index contributed by atoms with van der Waals surface area (Å²) in [5, 5.41) is 5.35. The van der Waals surface area contributed by atoms with Gasteiger partial charge in [0.05, 0.1) is 0 Å². The number of hydrogen-bond acceptors (Lipinski definition) is 2. The van der Waals surface area contributed by atoms with Gasteiger partial charge in [-0.25, -0.2) is 4.79 Å². The minimum atomic E-state index is -0.176. The molecule has 2 N–H and O–H groups in total. The second kappa shape index (κ2) is 5.47. The Morgan fingerprint density at radius 2 is 2.36 bits per heavy atom. The van der Waals surface area contributed by atoms with Crippen molar-refractivity contribution in [1.82, 2.24) is 15.5 Å². The van der Waals surface area contributed by atoms with Gasteiger partial charge in [-0.3, -0.25) is 4.79 Å². The molecule has 5 heteroatoms. The van der Waals surface area contributed by atoms with Gasteiger partial charge in [0.25, 0.3) is 0 Å². The van der Waals surface area contributed by atoms with E-state index in [1.807, 2.05) is 13.3 Å². The van der Waals surface area contributed by atoms with Crippen LogP contribution in [0.2, 0.25) is 0 Å². The zero-order chi connectivity index (χ0) is 10.4. The SMILES string of the molecule is CCNC(=O)NCC1CCCN1[C]=O. The average molecular weight is 198 g/mol. The Hall–Kier alpha value is -1.26. The Morgan fingerprint density at radius 1 is 1.57 bits per heavy atom. The van der Waals surface area contributed by atoms with E-state index in [0.717, 1.165) is 19.4 Å². The minimum absolute atomic E-state index is 0.120. The van der Waals surface area contributed by atoms with E-state index >= 15 is 0 Å². The normalized spacial score (nSPS) is 20.6. The molecule has 0 spiro atoms. The largest absolute Gasteiger partial charge is 0.338 e. The van der Waals surface area contributed by atoms with Crippen LogP contribution in [0.5, 0.6) is 0 Å². The lowest BCUT2D eigenvalue weighted by Crippen LogP contribution is -2.43. The Bertz CT molecular complexity index is 208. The number of nitrogens with one attached hydrogen (secondary N) is 2. The fraction of sp³-hybridized carbons (Fsp3) is 0.778. The number of likely N-dealkylation sites (tertiary alicyclic amines) is 1. The summed E-state index contributed by atoms with van der Waals surface area (Å²) in [6, 6.07) is -0.0552. The molecule has 0 aliphatic carbocycles. The first-order valence-electron chi connectivity index (χ1n) is 4.94. The zero-order valence-electron chi connectivity index (χ0n) is 8.38. The molecule has 1 aliphatic heterocycles. The van der Waals surface area contributed by atoms with Gasteiger partial charge >= 0.3 is 12.4 Å². The molecule has 1 heterocycles. The van der Waals surface area contributed by atoms with Crippen LogP contribution in [-0.4, -0.2) is 43.0 Å². The third kappa shape index (κ3) is 2.90. The van der Waals surface area contributed by atoms with Crippen molar-refractivity contribution in [3.8, 4) is 0 Å². The molecule has 0 aromatic rings. The molecular formula is C9H16N3O2. The molecule has 1 rings (SSSR count). The summed E-state index contributed by atoms with van der Waals surface area (Å²) < 4.78 is 0. The lowest BCUT2D eigenvalue weighted by molar-refractivity contribution is 0.237. The van der Waals surface area contributed by atoms with Crippen LogP contribution in [-0.2, 0) is 4.79 Å². The molecule has 3 amide bonds. The van der Waals surface area contributed by atoms with Crippen LogP contribution in [0, 0.1) is 0 Å².